The summed E-state index contributed by atoms with van der Waals surface area (Å²) in [7, 11) is 0. The number of benzene rings is 1. The van der Waals surface area contributed by atoms with Gasteiger partial charge in [0.15, 0.2) is 0 Å². The molecule has 0 aliphatic heterocycles. The van der Waals surface area contributed by atoms with Gasteiger partial charge in [0.05, 0.1) is 0 Å². The van der Waals surface area contributed by atoms with Crippen molar-refractivity contribution in [1.82, 2.24) is 0 Å². The highest BCUT2D eigenvalue weighted by Crippen LogP contribution is 2.15. The van der Waals surface area contributed by atoms with Crippen molar-refractivity contribution in [3.63, 3.8) is 0 Å². The van der Waals surface area contributed by atoms with E-state index in [1.54, 1.807) is 18.2 Å². The molecule has 0 aliphatic rings. The van der Waals surface area contributed by atoms with Gasteiger partial charge in [-0.1, -0.05) is 32.6 Å². The Labute approximate surface area is 102 Å². The van der Waals surface area contributed by atoms with Gasteiger partial charge < -0.3 is 5.32 Å². The molecular weight excluding hydrogens is 213 g/mol. The van der Waals surface area contributed by atoms with Crippen molar-refractivity contribution in [3.05, 3.63) is 66.7 Å². The molecule has 90 valence electrons. The van der Waals surface area contributed by atoms with Crippen LogP contribution in [0, 0.1) is 5.82 Å². The average molecular weight is 231 g/mol. The minimum absolute atomic E-state index is 0.230. The van der Waals surface area contributed by atoms with Gasteiger partial charge in [-0.3, -0.25) is 0 Å². The lowest BCUT2D eigenvalue weighted by Gasteiger charge is -2.10. The van der Waals surface area contributed by atoms with Gasteiger partial charge in [0, 0.05) is 11.4 Å². The molecule has 1 nitrogen and oxygen atoms in total. The maximum atomic E-state index is 12.8. The van der Waals surface area contributed by atoms with Crippen molar-refractivity contribution in [2.45, 2.75) is 19.8 Å². The van der Waals surface area contributed by atoms with Crippen LogP contribution in [0.1, 0.15) is 19.8 Å². The lowest BCUT2D eigenvalue weighted by Crippen LogP contribution is -1.99. The van der Waals surface area contributed by atoms with Gasteiger partial charge >= 0.3 is 0 Å². The third kappa shape index (κ3) is 4.68. The zero-order chi connectivity index (χ0) is 12.7. The molecule has 1 N–H and O–H groups in total. The zero-order valence-electron chi connectivity index (χ0n) is 10.2. The molecule has 0 amide bonds. The first-order valence-corrected chi connectivity index (χ1v) is 5.70. The molecule has 0 unspecified atom stereocenters. The fraction of sp³-hybridized carbons (Fsp3) is 0.200. The highest BCUT2D eigenvalue weighted by atomic mass is 19.1. The Morgan fingerprint density at radius 2 is 2.00 bits per heavy atom. The smallest absolute Gasteiger partial charge is 0.123 e. The predicted molar refractivity (Wildman–Crippen MR) is 72.4 cm³/mol. The molecule has 0 fully saturated rings. The molecule has 2 heteroatoms. The fourth-order valence-corrected chi connectivity index (χ4v) is 1.44. The third-order valence-corrected chi connectivity index (χ3v) is 2.29. The zero-order valence-corrected chi connectivity index (χ0v) is 10.2. The minimum Gasteiger partial charge on any atom is -0.359 e. The fourth-order valence-electron chi connectivity index (χ4n) is 1.44. The van der Waals surface area contributed by atoms with Crippen LogP contribution < -0.4 is 5.32 Å². The molecule has 1 rings (SSSR count). The van der Waals surface area contributed by atoms with E-state index in [4.69, 9.17) is 0 Å². The normalized spacial score (nSPS) is 11.1. The van der Waals surface area contributed by atoms with Crippen LogP contribution in [0.5, 0.6) is 0 Å². The van der Waals surface area contributed by atoms with E-state index in [1.165, 1.54) is 12.1 Å². The highest BCUT2D eigenvalue weighted by Gasteiger charge is 1.98. The minimum atomic E-state index is -0.230. The van der Waals surface area contributed by atoms with Gasteiger partial charge in [0.25, 0.3) is 0 Å². The number of hydrogen-bond acceptors (Lipinski definition) is 1. The van der Waals surface area contributed by atoms with Crippen LogP contribution in [0.3, 0.4) is 0 Å². The molecule has 0 saturated carbocycles. The summed E-state index contributed by atoms with van der Waals surface area (Å²) >= 11 is 0. The standard InChI is InChI=1S/C15H18FN/c1-4-6-15(11-12(3)5-2)17-14-9-7-13(16)8-10-14/h5,7-11,17H,2-4,6H2,1H3/b15-11+. The molecule has 0 heterocycles. The maximum absolute atomic E-state index is 12.8. The summed E-state index contributed by atoms with van der Waals surface area (Å²) in [6.45, 7) is 9.64. The summed E-state index contributed by atoms with van der Waals surface area (Å²) in [6.07, 6.45) is 5.62. The van der Waals surface area contributed by atoms with Crippen molar-refractivity contribution in [3.8, 4) is 0 Å². The van der Waals surface area contributed by atoms with E-state index in [1.807, 2.05) is 6.08 Å². The van der Waals surface area contributed by atoms with Crippen LogP contribution >= 0.6 is 0 Å². The summed E-state index contributed by atoms with van der Waals surface area (Å²) in [6, 6.07) is 6.31. The van der Waals surface area contributed by atoms with E-state index in [0.29, 0.717) is 0 Å². The van der Waals surface area contributed by atoms with Gasteiger partial charge in [0.1, 0.15) is 5.82 Å². The topological polar surface area (TPSA) is 12.0 Å². The van der Waals surface area contributed by atoms with Crippen LogP contribution in [0.2, 0.25) is 0 Å². The largest absolute Gasteiger partial charge is 0.359 e. The Kier molecular flexibility index (Phi) is 5.21. The van der Waals surface area contributed by atoms with Gasteiger partial charge in [-0.2, -0.15) is 0 Å². The number of rotatable bonds is 6. The van der Waals surface area contributed by atoms with Gasteiger partial charge in [-0.25, -0.2) is 4.39 Å². The number of hydrogen-bond donors (Lipinski definition) is 1. The van der Waals surface area contributed by atoms with Crippen LogP contribution in [0.4, 0.5) is 10.1 Å². The summed E-state index contributed by atoms with van der Waals surface area (Å²) < 4.78 is 12.8. The van der Waals surface area contributed by atoms with Crippen molar-refractivity contribution in [2.75, 3.05) is 5.32 Å². The Bertz CT molecular complexity index is 415. The molecule has 17 heavy (non-hydrogen) atoms. The third-order valence-electron chi connectivity index (χ3n) is 2.29. The predicted octanol–water partition coefficient (Wildman–Crippen LogP) is 4.66. The molecule has 1 aromatic carbocycles. The summed E-state index contributed by atoms with van der Waals surface area (Å²) in [5.41, 5.74) is 2.80. The van der Waals surface area contributed by atoms with Gasteiger partial charge in [0.2, 0.25) is 0 Å². The molecule has 0 radical (unpaired) electrons. The number of anilines is 1. The van der Waals surface area contributed by atoms with E-state index in [0.717, 1.165) is 29.8 Å². The second kappa shape index (κ2) is 6.69. The quantitative estimate of drug-likeness (QED) is 0.702. The molecule has 0 spiro atoms. The summed E-state index contributed by atoms with van der Waals surface area (Å²) in [5.74, 6) is -0.230. The lowest BCUT2D eigenvalue weighted by molar-refractivity contribution is 0.628. The molecule has 0 saturated heterocycles. The van der Waals surface area contributed by atoms with Crippen LogP contribution in [-0.2, 0) is 0 Å². The maximum Gasteiger partial charge on any atom is 0.123 e. The lowest BCUT2D eigenvalue weighted by atomic mass is 10.1. The molecule has 0 aliphatic carbocycles. The first-order chi connectivity index (χ1) is 8.15. The van der Waals surface area contributed by atoms with Crippen LogP contribution in [0.25, 0.3) is 0 Å². The first kappa shape index (κ1) is 13.2. The Morgan fingerprint density at radius 3 is 2.53 bits per heavy atom. The van der Waals surface area contributed by atoms with E-state index in [2.05, 4.69) is 25.4 Å². The Balaban J connectivity index is 2.79. The molecule has 0 bridgehead atoms. The highest BCUT2D eigenvalue weighted by molar-refractivity contribution is 5.49. The van der Waals surface area contributed by atoms with Crippen molar-refractivity contribution in [2.24, 2.45) is 0 Å². The second-order valence-corrected chi connectivity index (χ2v) is 3.83. The van der Waals surface area contributed by atoms with Crippen LogP contribution in [-0.4, -0.2) is 0 Å². The molecule has 1 aromatic rings. The Morgan fingerprint density at radius 1 is 1.35 bits per heavy atom. The monoisotopic (exact) mass is 231 g/mol. The molecule has 0 atom stereocenters. The Hall–Kier alpha value is -1.83. The van der Waals surface area contributed by atoms with Crippen molar-refractivity contribution >= 4 is 5.69 Å². The van der Waals surface area contributed by atoms with E-state index in [9.17, 15) is 4.39 Å². The van der Waals surface area contributed by atoms with E-state index < -0.39 is 0 Å². The van der Waals surface area contributed by atoms with E-state index >= 15 is 0 Å². The number of allylic oxidation sites excluding steroid dienone is 4. The second-order valence-electron chi connectivity index (χ2n) is 3.83. The SMILES string of the molecule is C=CC(=C)/C=C(\CCC)Nc1ccc(F)cc1. The summed E-state index contributed by atoms with van der Waals surface area (Å²) in [4.78, 5) is 0. The molecular formula is C15H18FN. The van der Waals surface area contributed by atoms with Crippen LogP contribution in [0.15, 0.2) is 60.8 Å². The molecule has 0 aromatic heterocycles. The number of halogens is 1. The van der Waals surface area contributed by atoms with Gasteiger partial charge in [-0.05, 0) is 42.3 Å². The van der Waals surface area contributed by atoms with Crippen molar-refractivity contribution in [1.29, 1.82) is 0 Å². The van der Waals surface area contributed by atoms with Gasteiger partial charge in [-0.15, -0.1) is 0 Å². The first-order valence-electron chi connectivity index (χ1n) is 5.70. The van der Waals surface area contributed by atoms with Crippen molar-refractivity contribution < 1.29 is 4.39 Å². The average Bonchev–Trinajstić information content (AvgIpc) is 2.32. The van der Waals surface area contributed by atoms with E-state index in [-0.39, 0.29) is 5.82 Å². The summed E-state index contributed by atoms with van der Waals surface area (Å²) in [5, 5.41) is 3.26. The number of nitrogens with one attached hydrogen (secondary N) is 1.